The zero-order valence-corrected chi connectivity index (χ0v) is 18.3. The van der Waals surface area contributed by atoms with Crippen LogP contribution >= 0.6 is 39.2 Å². The number of hydrogen-bond acceptors (Lipinski definition) is 6. The van der Waals surface area contributed by atoms with Gasteiger partial charge in [-0.15, -0.1) is 0 Å². The van der Waals surface area contributed by atoms with Gasteiger partial charge in [0.1, 0.15) is 17.2 Å². The maximum atomic E-state index is 9.36. The Hall–Kier alpha value is -0.0500. The van der Waals surface area contributed by atoms with Gasteiger partial charge in [-0.05, 0) is 36.8 Å². The highest BCUT2D eigenvalue weighted by atomic mass is 33.2. The summed E-state index contributed by atoms with van der Waals surface area (Å²) in [6, 6.07) is 12.1. The van der Waals surface area contributed by atoms with E-state index >= 15 is 0 Å². The lowest BCUT2D eigenvalue weighted by atomic mass is 10.4. The molecule has 0 aliphatic carbocycles. The van der Waals surface area contributed by atoms with Gasteiger partial charge in [-0.25, -0.2) is 0 Å². The van der Waals surface area contributed by atoms with E-state index in [0.717, 1.165) is 42.1 Å². The minimum absolute atomic E-state index is 0.544. The van der Waals surface area contributed by atoms with E-state index in [0.29, 0.717) is 4.91 Å². The molecule has 1 aromatic carbocycles. The van der Waals surface area contributed by atoms with Crippen molar-refractivity contribution in [3.8, 4) is 6.07 Å². The SMILES string of the molecule is CCCCSP(=S)(OC=C(C#N)Sc1ccccc1)SCCCC. The van der Waals surface area contributed by atoms with E-state index in [-0.39, 0.29) is 0 Å². The van der Waals surface area contributed by atoms with Crippen LogP contribution in [0.5, 0.6) is 0 Å². The Morgan fingerprint density at radius 3 is 2.25 bits per heavy atom. The molecule has 0 unspecified atom stereocenters. The van der Waals surface area contributed by atoms with Crippen LogP contribution in [-0.2, 0) is 16.3 Å². The molecule has 0 aliphatic rings. The fourth-order valence-corrected chi connectivity index (χ4v) is 10.5. The first-order valence-corrected chi connectivity index (χ1v) is 14.8. The molecule has 0 saturated heterocycles. The highest BCUT2D eigenvalue weighted by Gasteiger charge is 2.19. The Morgan fingerprint density at radius 1 is 1.17 bits per heavy atom. The third-order valence-corrected chi connectivity index (χ3v) is 13.3. The monoisotopic (exact) mass is 417 g/mol. The van der Waals surface area contributed by atoms with Crippen LogP contribution in [0.2, 0.25) is 0 Å². The molecule has 0 atom stereocenters. The minimum atomic E-state index is -2.02. The van der Waals surface area contributed by atoms with Gasteiger partial charge in [0.05, 0.1) is 0 Å². The topological polar surface area (TPSA) is 33.0 Å². The number of nitriles is 1. The van der Waals surface area contributed by atoms with Crippen molar-refractivity contribution in [3.05, 3.63) is 41.5 Å². The predicted molar refractivity (Wildman–Crippen MR) is 116 cm³/mol. The first kappa shape index (κ1) is 22.0. The molecule has 0 fully saturated rings. The van der Waals surface area contributed by atoms with E-state index in [1.54, 1.807) is 29.0 Å². The normalized spacial score (nSPS) is 12.0. The fourth-order valence-electron chi connectivity index (χ4n) is 1.54. The zero-order valence-electron chi connectivity index (χ0n) is 14.1. The van der Waals surface area contributed by atoms with Gasteiger partial charge in [-0.3, -0.25) is 0 Å². The molecule has 2 nitrogen and oxygen atoms in total. The fraction of sp³-hybridized carbons (Fsp3) is 0.471. The summed E-state index contributed by atoms with van der Waals surface area (Å²) in [4.78, 5) is 1.57. The van der Waals surface area contributed by atoms with E-state index in [2.05, 4.69) is 19.9 Å². The van der Waals surface area contributed by atoms with Gasteiger partial charge in [0, 0.05) is 16.4 Å². The summed E-state index contributed by atoms with van der Waals surface area (Å²) in [5, 5.41) is 9.36. The van der Waals surface area contributed by atoms with Crippen LogP contribution in [0.1, 0.15) is 39.5 Å². The Kier molecular flexibility index (Phi) is 12.1. The van der Waals surface area contributed by atoms with Crippen LogP contribution in [-0.4, -0.2) is 11.5 Å². The van der Waals surface area contributed by atoms with Crippen LogP contribution in [0.25, 0.3) is 0 Å². The largest absolute Gasteiger partial charge is 0.454 e. The third-order valence-electron chi connectivity index (χ3n) is 2.86. The van der Waals surface area contributed by atoms with E-state index in [4.69, 9.17) is 16.3 Å². The number of unbranched alkanes of at least 4 members (excludes halogenated alkanes) is 2. The second-order valence-electron chi connectivity index (χ2n) is 4.94. The summed E-state index contributed by atoms with van der Waals surface area (Å²) in [5.74, 6) is 2.04. The molecule has 0 spiro atoms. The summed E-state index contributed by atoms with van der Waals surface area (Å²) >= 11 is 10.7. The third kappa shape index (κ3) is 9.44. The Morgan fingerprint density at radius 2 is 1.75 bits per heavy atom. The Bertz CT molecular complexity index is 572. The van der Waals surface area contributed by atoms with Crippen molar-refractivity contribution in [1.29, 1.82) is 5.26 Å². The highest BCUT2D eigenvalue weighted by molar-refractivity contribution is 8.99. The number of rotatable bonds is 12. The standard InChI is InChI=1S/C17H24NOPS4/c1-3-5-12-22-20(21,23-13-6-4-2)19-15-17(14-18)24-16-10-8-7-9-11-16/h7-11,15H,3-6,12-13H2,1-2H3. The van der Waals surface area contributed by atoms with Crippen LogP contribution in [0.4, 0.5) is 0 Å². The maximum absolute atomic E-state index is 9.36. The van der Waals surface area contributed by atoms with Crippen molar-refractivity contribution in [2.45, 2.75) is 44.4 Å². The average molecular weight is 418 g/mol. The molecule has 0 N–H and O–H groups in total. The van der Waals surface area contributed by atoms with Crippen molar-refractivity contribution < 1.29 is 4.52 Å². The summed E-state index contributed by atoms with van der Waals surface area (Å²) in [6.45, 7) is 4.36. The first-order chi connectivity index (χ1) is 11.6. The number of benzene rings is 1. The van der Waals surface area contributed by atoms with Crippen molar-refractivity contribution in [2.24, 2.45) is 0 Å². The lowest BCUT2D eigenvalue weighted by molar-refractivity contribution is 0.555. The number of allylic oxidation sites excluding steroid dienone is 1. The zero-order chi connectivity index (χ0) is 17.7. The molecular formula is C17H24NOPS4. The Labute approximate surface area is 163 Å². The summed E-state index contributed by atoms with van der Waals surface area (Å²) < 4.78 is 3.97. The molecule has 7 heteroatoms. The molecular weight excluding hydrogens is 393 g/mol. The molecule has 0 amide bonds. The summed E-state index contributed by atoms with van der Waals surface area (Å²) in [6.07, 6.45) is 6.19. The molecule has 0 heterocycles. The van der Waals surface area contributed by atoms with Crippen molar-refractivity contribution in [3.63, 3.8) is 0 Å². The molecule has 0 bridgehead atoms. The second kappa shape index (κ2) is 13.2. The van der Waals surface area contributed by atoms with Gasteiger partial charge in [0.15, 0.2) is 0 Å². The van der Waals surface area contributed by atoms with E-state index in [1.807, 2.05) is 30.3 Å². The van der Waals surface area contributed by atoms with Crippen molar-refractivity contribution in [1.82, 2.24) is 0 Å². The molecule has 24 heavy (non-hydrogen) atoms. The van der Waals surface area contributed by atoms with Gasteiger partial charge in [-0.1, -0.05) is 79.4 Å². The quantitative estimate of drug-likeness (QED) is 0.115. The van der Waals surface area contributed by atoms with Gasteiger partial charge < -0.3 is 4.52 Å². The van der Waals surface area contributed by atoms with Crippen molar-refractivity contribution in [2.75, 3.05) is 11.5 Å². The maximum Gasteiger partial charge on any atom is 0.221 e. The number of nitrogens with zero attached hydrogens (tertiary/aromatic N) is 1. The van der Waals surface area contributed by atoms with Crippen LogP contribution in [0.15, 0.2) is 46.4 Å². The number of thioether (sulfide) groups is 1. The molecule has 0 aromatic heterocycles. The molecule has 1 rings (SSSR count). The van der Waals surface area contributed by atoms with E-state index < -0.39 is 4.67 Å². The van der Waals surface area contributed by atoms with Gasteiger partial charge in [0.25, 0.3) is 0 Å². The molecule has 0 aliphatic heterocycles. The smallest absolute Gasteiger partial charge is 0.221 e. The molecule has 0 saturated carbocycles. The summed E-state index contributed by atoms with van der Waals surface area (Å²) in [5.41, 5.74) is 0. The van der Waals surface area contributed by atoms with Gasteiger partial charge in [0.2, 0.25) is 4.67 Å². The molecule has 132 valence electrons. The number of hydrogen-bond donors (Lipinski definition) is 0. The Balaban J connectivity index is 2.71. The van der Waals surface area contributed by atoms with Crippen LogP contribution in [0, 0.1) is 11.3 Å². The lowest BCUT2D eigenvalue weighted by Gasteiger charge is -2.19. The second-order valence-corrected chi connectivity index (χ2v) is 16.7. The van der Waals surface area contributed by atoms with Gasteiger partial charge >= 0.3 is 0 Å². The van der Waals surface area contributed by atoms with Crippen LogP contribution < -0.4 is 0 Å². The summed E-state index contributed by atoms with van der Waals surface area (Å²) in [7, 11) is 0. The van der Waals surface area contributed by atoms with Gasteiger partial charge in [-0.2, -0.15) is 5.26 Å². The highest BCUT2D eigenvalue weighted by Crippen LogP contribution is 2.70. The minimum Gasteiger partial charge on any atom is -0.454 e. The van der Waals surface area contributed by atoms with Crippen LogP contribution in [0.3, 0.4) is 0 Å². The van der Waals surface area contributed by atoms with E-state index in [9.17, 15) is 5.26 Å². The predicted octanol–water partition coefficient (Wildman–Crippen LogP) is 7.45. The first-order valence-electron chi connectivity index (χ1n) is 8.04. The lowest BCUT2D eigenvalue weighted by Crippen LogP contribution is -1.84. The molecule has 1 aromatic rings. The molecule has 0 radical (unpaired) electrons. The van der Waals surface area contributed by atoms with Crippen molar-refractivity contribution >= 4 is 51.0 Å². The van der Waals surface area contributed by atoms with E-state index in [1.165, 1.54) is 11.8 Å². The average Bonchev–Trinajstić information content (AvgIpc) is 2.60.